The number of carboxylic acid groups (broad SMARTS) is 1. The average molecular weight is 208 g/mol. The summed E-state index contributed by atoms with van der Waals surface area (Å²) in [5, 5.41) is 8.81. The average Bonchev–Trinajstić information content (AvgIpc) is 2.18. The molecule has 4 heteroatoms. The molecule has 0 spiro atoms. The largest absolute Gasteiger partial charge is 0.481 e. The predicted molar refractivity (Wildman–Crippen MR) is 59.0 cm³/mol. The van der Waals surface area contributed by atoms with E-state index in [-0.39, 0.29) is 5.92 Å². The number of rotatable bonds is 4. The molecular weight excluding hydrogens is 192 g/mol. The first-order valence-electron chi connectivity index (χ1n) is 4.87. The summed E-state index contributed by atoms with van der Waals surface area (Å²) in [6.45, 7) is 4.17. The number of aromatic nitrogens is 1. The number of carbonyl (C=O) groups is 1. The van der Waals surface area contributed by atoms with Gasteiger partial charge in [-0.3, -0.25) is 9.78 Å². The molecule has 1 rings (SSSR count). The zero-order valence-corrected chi connectivity index (χ0v) is 9.27. The molecule has 0 aliphatic heterocycles. The third-order valence-corrected chi connectivity index (χ3v) is 2.37. The normalized spacial score (nSPS) is 12.2. The molecule has 0 bridgehead atoms. The Kier molecular flexibility index (Phi) is 3.66. The van der Waals surface area contributed by atoms with Gasteiger partial charge in [-0.25, -0.2) is 0 Å². The molecule has 1 aromatic heterocycles. The standard InChI is InChI=1S/C11H16N2O2/c1-8-6-12-5-4-10(8)13(3)7-9(2)11(14)15/h4-6,9H,7H2,1-3H3,(H,14,15). The fourth-order valence-corrected chi connectivity index (χ4v) is 1.48. The molecule has 0 aromatic carbocycles. The van der Waals surface area contributed by atoms with Gasteiger partial charge in [-0.05, 0) is 18.6 Å². The number of nitrogens with zero attached hydrogens (tertiary/aromatic N) is 2. The summed E-state index contributed by atoms with van der Waals surface area (Å²) in [6, 6.07) is 1.89. The predicted octanol–water partition coefficient (Wildman–Crippen LogP) is 1.55. The number of aryl methyl sites for hydroxylation is 1. The SMILES string of the molecule is Cc1cnccc1N(C)CC(C)C(=O)O. The molecule has 1 N–H and O–H groups in total. The van der Waals surface area contributed by atoms with E-state index in [4.69, 9.17) is 5.11 Å². The summed E-state index contributed by atoms with van der Waals surface area (Å²) < 4.78 is 0. The number of pyridine rings is 1. The van der Waals surface area contributed by atoms with Crippen LogP contribution in [0, 0.1) is 12.8 Å². The highest BCUT2D eigenvalue weighted by atomic mass is 16.4. The fraction of sp³-hybridized carbons (Fsp3) is 0.455. The molecule has 1 atom stereocenters. The van der Waals surface area contributed by atoms with Gasteiger partial charge in [0, 0.05) is 31.7 Å². The van der Waals surface area contributed by atoms with Crippen LogP contribution in [-0.2, 0) is 4.79 Å². The highest BCUT2D eigenvalue weighted by molar-refractivity contribution is 5.70. The lowest BCUT2D eigenvalue weighted by Crippen LogP contribution is -2.28. The monoisotopic (exact) mass is 208 g/mol. The van der Waals surface area contributed by atoms with Crippen LogP contribution in [0.25, 0.3) is 0 Å². The van der Waals surface area contributed by atoms with Crippen LogP contribution in [0.15, 0.2) is 18.5 Å². The maximum absolute atomic E-state index is 10.7. The van der Waals surface area contributed by atoms with E-state index in [1.807, 2.05) is 24.9 Å². The molecule has 0 aliphatic rings. The van der Waals surface area contributed by atoms with Gasteiger partial charge in [0.25, 0.3) is 0 Å². The van der Waals surface area contributed by atoms with Crippen LogP contribution >= 0.6 is 0 Å². The number of carboxylic acids is 1. The van der Waals surface area contributed by atoms with Gasteiger partial charge in [-0.15, -0.1) is 0 Å². The van der Waals surface area contributed by atoms with Gasteiger partial charge in [0.2, 0.25) is 0 Å². The Balaban J connectivity index is 2.73. The van der Waals surface area contributed by atoms with E-state index in [9.17, 15) is 4.79 Å². The molecule has 1 unspecified atom stereocenters. The lowest BCUT2D eigenvalue weighted by molar-refractivity contribution is -0.140. The zero-order chi connectivity index (χ0) is 11.4. The molecule has 0 saturated carbocycles. The van der Waals surface area contributed by atoms with Crippen molar-refractivity contribution in [3.05, 3.63) is 24.0 Å². The lowest BCUT2D eigenvalue weighted by Gasteiger charge is -2.22. The van der Waals surface area contributed by atoms with E-state index >= 15 is 0 Å². The Morgan fingerprint density at radius 3 is 2.87 bits per heavy atom. The van der Waals surface area contributed by atoms with E-state index in [0.29, 0.717) is 6.54 Å². The third-order valence-electron chi connectivity index (χ3n) is 2.37. The zero-order valence-electron chi connectivity index (χ0n) is 9.27. The first-order valence-corrected chi connectivity index (χ1v) is 4.87. The smallest absolute Gasteiger partial charge is 0.308 e. The Morgan fingerprint density at radius 1 is 1.67 bits per heavy atom. The summed E-state index contributed by atoms with van der Waals surface area (Å²) in [6.07, 6.45) is 3.49. The van der Waals surface area contributed by atoms with Gasteiger partial charge in [0.1, 0.15) is 0 Å². The van der Waals surface area contributed by atoms with Crippen LogP contribution in [0.1, 0.15) is 12.5 Å². The van der Waals surface area contributed by atoms with Crippen LogP contribution < -0.4 is 4.90 Å². The van der Waals surface area contributed by atoms with Gasteiger partial charge in [-0.2, -0.15) is 0 Å². The van der Waals surface area contributed by atoms with E-state index in [2.05, 4.69) is 4.98 Å². The van der Waals surface area contributed by atoms with E-state index in [0.717, 1.165) is 11.3 Å². The summed E-state index contributed by atoms with van der Waals surface area (Å²) in [4.78, 5) is 16.7. The highest BCUT2D eigenvalue weighted by Crippen LogP contribution is 2.17. The van der Waals surface area contributed by atoms with Crippen LogP contribution in [0.5, 0.6) is 0 Å². The molecule has 1 aromatic rings. The molecule has 15 heavy (non-hydrogen) atoms. The second-order valence-electron chi connectivity index (χ2n) is 3.78. The Bertz CT molecular complexity index is 352. The van der Waals surface area contributed by atoms with Gasteiger partial charge in [-0.1, -0.05) is 6.92 Å². The maximum Gasteiger partial charge on any atom is 0.308 e. The van der Waals surface area contributed by atoms with Crippen molar-refractivity contribution in [2.45, 2.75) is 13.8 Å². The van der Waals surface area contributed by atoms with Gasteiger partial charge in [0.15, 0.2) is 0 Å². The van der Waals surface area contributed by atoms with Crippen molar-refractivity contribution >= 4 is 11.7 Å². The van der Waals surface area contributed by atoms with Gasteiger partial charge in [0.05, 0.1) is 5.92 Å². The minimum atomic E-state index is -0.770. The van der Waals surface area contributed by atoms with Gasteiger partial charge >= 0.3 is 5.97 Å². The Morgan fingerprint density at radius 2 is 2.33 bits per heavy atom. The van der Waals surface area contributed by atoms with E-state index in [1.54, 1.807) is 19.3 Å². The quantitative estimate of drug-likeness (QED) is 0.815. The minimum Gasteiger partial charge on any atom is -0.481 e. The fourth-order valence-electron chi connectivity index (χ4n) is 1.48. The Hall–Kier alpha value is -1.58. The second-order valence-corrected chi connectivity index (χ2v) is 3.78. The van der Waals surface area contributed by atoms with Crippen LogP contribution in [0.4, 0.5) is 5.69 Å². The Labute approximate surface area is 89.6 Å². The molecular formula is C11H16N2O2. The first kappa shape index (κ1) is 11.5. The van der Waals surface area contributed by atoms with Crippen LogP contribution in [0.3, 0.4) is 0 Å². The maximum atomic E-state index is 10.7. The van der Waals surface area contributed by atoms with Crippen molar-refractivity contribution in [3.8, 4) is 0 Å². The molecule has 0 radical (unpaired) electrons. The topological polar surface area (TPSA) is 53.4 Å². The van der Waals surface area contributed by atoms with E-state index in [1.165, 1.54) is 0 Å². The summed E-state index contributed by atoms with van der Waals surface area (Å²) in [5.41, 5.74) is 2.08. The van der Waals surface area contributed by atoms with Crippen molar-refractivity contribution in [1.82, 2.24) is 4.98 Å². The summed E-state index contributed by atoms with van der Waals surface area (Å²) in [7, 11) is 1.89. The summed E-state index contributed by atoms with van der Waals surface area (Å²) >= 11 is 0. The molecule has 0 saturated heterocycles. The first-order chi connectivity index (χ1) is 7.02. The van der Waals surface area contributed by atoms with Crippen LogP contribution in [0.2, 0.25) is 0 Å². The van der Waals surface area contributed by atoms with Gasteiger partial charge < -0.3 is 10.0 Å². The van der Waals surface area contributed by atoms with Crippen LogP contribution in [-0.4, -0.2) is 29.7 Å². The van der Waals surface area contributed by atoms with Crippen molar-refractivity contribution in [2.75, 3.05) is 18.5 Å². The van der Waals surface area contributed by atoms with Crippen molar-refractivity contribution in [3.63, 3.8) is 0 Å². The molecule has 0 aliphatic carbocycles. The minimum absolute atomic E-state index is 0.373. The van der Waals surface area contributed by atoms with Crippen molar-refractivity contribution in [2.24, 2.45) is 5.92 Å². The number of anilines is 1. The number of hydrogen-bond donors (Lipinski definition) is 1. The lowest BCUT2D eigenvalue weighted by atomic mass is 10.1. The van der Waals surface area contributed by atoms with E-state index < -0.39 is 5.97 Å². The molecule has 0 fully saturated rings. The second kappa shape index (κ2) is 4.77. The highest BCUT2D eigenvalue weighted by Gasteiger charge is 2.14. The summed E-state index contributed by atoms with van der Waals surface area (Å²) in [5.74, 6) is -1.14. The van der Waals surface area contributed by atoms with Crippen molar-refractivity contribution in [1.29, 1.82) is 0 Å². The number of aliphatic carboxylic acids is 1. The number of hydrogen-bond acceptors (Lipinski definition) is 3. The molecule has 4 nitrogen and oxygen atoms in total. The molecule has 0 amide bonds. The molecule has 82 valence electrons. The third kappa shape index (κ3) is 2.94. The van der Waals surface area contributed by atoms with Crippen molar-refractivity contribution < 1.29 is 9.90 Å². The molecule has 1 heterocycles.